The minimum atomic E-state index is 0.00874. The van der Waals surface area contributed by atoms with Gasteiger partial charge in [-0.05, 0) is 54.3 Å². The second-order valence-corrected chi connectivity index (χ2v) is 7.66. The quantitative estimate of drug-likeness (QED) is 0.656. The van der Waals surface area contributed by atoms with Crippen LogP contribution in [0.1, 0.15) is 36.0 Å². The Morgan fingerprint density at radius 3 is 2.70 bits per heavy atom. The first kappa shape index (κ1) is 19.8. The van der Waals surface area contributed by atoms with E-state index in [9.17, 15) is 4.79 Å². The van der Waals surface area contributed by atoms with Crippen LogP contribution >= 0.6 is 0 Å². The molecule has 0 radical (unpaired) electrons. The number of urea groups is 1. The predicted octanol–water partition coefficient (Wildman–Crippen LogP) is 5.29. The second-order valence-electron chi connectivity index (χ2n) is 7.66. The van der Waals surface area contributed by atoms with E-state index in [1.807, 2.05) is 48.3 Å². The normalized spacial score (nSPS) is 15.3. The number of hydrogen-bond donors (Lipinski definition) is 0. The van der Waals surface area contributed by atoms with Crippen LogP contribution in [0.2, 0.25) is 0 Å². The standard InChI is InChI=1S/C26H26N2O2/c1-27-25-16-13-21(10-6-9-20-7-4-3-5-8-20)17-23(25)19-28(26(27)29)18-22-11-14-24(30-2)15-12-22/h3-4,7,11-17H,5,8-9,18-19H2,1-2H3. The molecule has 4 rings (SSSR count). The summed E-state index contributed by atoms with van der Waals surface area (Å²) >= 11 is 0. The first-order valence-electron chi connectivity index (χ1n) is 10.3. The molecule has 30 heavy (non-hydrogen) atoms. The van der Waals surface area contributed by atoms with E-state index in [-0.39, 0.29) is 6.03 Å². The highest BCUT2D eigenvalue weighted by Crippen LogP contribution is 2.29. The van der Waals surface area contributed by atoms with E-state index in [0.29, 0.717) is 13.1 Å². The maximum atomic E-state index is 12.8. The van der Waals surface area contributed by atoms with Gasteiger partial charge in [-0.15, -0.1) is 0 Å². The van der Waals surface area contributed by atoms with Crippen molar-refractivity contribution < 1.29 is 9.53 Å². The average Bonchev–Trinajstić information content (AvgIpc) is 2.78. The third-order valence-electron chi connectivity index (χ3n) is 5.54. The molecular weight excluding hydrogens is 372 g/mol. The molecule has 2 aromatic rings. The number of hydrogen-bond acceptors (Lipinski definition) is 2. The van der Waals surface area contributed by atoms with Crippen LogP contribution in [0.4, 0.5) is 10.5 Å². The van der Waals surface area contributed by atoms with Crippen molar-refractivity contribution in [2.75, 3.05) is 19.1 Å². The van der Waals surface area contributed by atoms with Crippen molar-refractivity contribution in [2.24, 2.45) is 0 Å². The van der Waals surface area contributed by atoms with Crippen LogP contribution in [0.3, 0.4) is 0 Å². The van der Waals surface area contributed by atoms with Gasteiger partial charge in [0.2, 0.25) is 0 Å². The summed E-state index contributed by atoms with van der Waals surface area (Å²) in [5, 5.41) is 0. The van der Waals surface area contributed by atoms with Gasteiger partial charge in [-0.3, -0.25) is 4.90 Å². The molecule has 1 aliphatic heterocycles. The Kier molecular flexibility index (Phi) is 5.90. The highest BCUT2D eigenvalue weighted by Gasteiger charge is 2.27. The van der Waals surface area contributed by atoms with Crippen LogP contribution in [0.5, 0.6) is 5.75 Å². The van der Waals surface area contributed by atoms with Crippen LogP contribution in [-0.2, 0) is 13.1 Å². The molecule has 4 nitrogen and oxygen atoms in total. The molecule has 4 heteroatoms. The van der Waals surface area contributed by atoms with Crippen molar-refractivity contribution in [3.05, 3.63) is 83.0 Å². The molecule has 0 spiro atoms. The molecule has 0 fully saturated rings. The molecule has 0 bridgehead atoms. The Morgan fingerprint density at radius 2 is 1.97 bits per heavy atom. The molecule has 0 unspecified atom stereocenters. The molecule has 2 amide bonds. The molecule has 0 atom stereocenters. The fraction of sp³-hybridized carbons (Fsp3) is 0.269. The van der Waals surface area contributed by atoms with Crippen molar-refractivity contribution in [1.29, 1.82) is 0 Å². The van der Waals surface area contributed by atoms with Gasteiger partial charge in [0.15, 0.2) is 0 Å². The number of carbonyl (C=O) groups excluding carboxylic acids is 1. The third kappa shape index (κ3) is 4.41. The van der Waals surface area contributed by atoms with Gasteiger partial charge in [-0.1, -0.05) is 47.8 Å². The van der Waals surface area contributed by atoms with Gasteiger partial charge in [0.1, 0.15) is 5.75 Å². The van der Waals surface area contributed by atoms with Gasteiger partial charge >= 0.3 is 6.03 Å². The van der Waals surface area contributed by atoms with E-state index < -0.39 is 0 Å². The summed E-state index contributed by atoms with van der Waals surface area (Å²) in [6.07, 6.45) is 9.49. The lowest BCUT2D eigenvalue weighted by Gasteiger charge is -2.35. The van der Waals surface area contributed by atoms with E-state index in [1.54, 1.807) is 12.0 Å². The lowest BCUT2D eigenvalue weighted by atomic mass is 10.0. The molecule has 0 aromatic heterocycles. The molecule has 0 saturated heterocycles. The van der Waals surface area contributed by atoms with Gasteiger partial charge in [-0.25, -0.2) is 4.79 Å². The predicted molar refractivity (Wildman–Crippen MR) is 120 cm³/mol. The van der Waals surface area contributed by atoms with Gasteiger partial charge in [0.25, 0.3) is 0 Å². The Balaban J connectivity index is 1.50. The minimum Gasteiger partial charge on any atom is -0.497 e. The SMILES string of the molecule is COc1ccc(CN2Cc3cc(C#CCC4=CC=CCC4)ccc3N(C)C2=O)cc1. The molecule has 152 valence electrons. The van der Waals surface area contributed by atoms with Crippen molar-refractivity contribution in [3.63, 3.8) is 0 Å². The average molecular weight is 399 g/mol. The highest BCUT2D eigenvalue weighted by atomic mass is 16.5. The number of allylic oxidation sites excluding steroid dienone is 4. The monoisotopic (exact) mass is 398 g/mol. The summed E-state index contributed by atoms with van der Waals surface area (Å²) in [5.74, 6) is 7.41. The van der Waals surface area contributed by atoms with Crippen LogP contribution < -0.4 is 9.64 Å². The van der Waals surface area contributed by atoms with Crippen LogP contribution in [0.15, 0.2) is 66.3 Å². The fourth-order valence-corrected chi connectivity index (χ4v) is 3.84. The lowest BCUT2D eigenvalue weighted by Crippen LogP contribution is -2.44. The maximum absolute atomic E-state index is 12.8. The van der Waals surface area contributed by atoms with Gasteiger partial charge in [0.05, 0.1) is 12.8 Å². The Hall–Kier alpha value is -3.45. The van der Waals surface area contributed by atoms with Crippen molar-refractivity contribution in [2.45, 2.75) is 32.4 Å². The van der Waals surface area contributed by atoms with Gasteiger partial charge in [-0.2, -0.15) is 0 Å². The van der Waals surface area contributed by atoms with Gasteiger partial charge < -0.3 is 9.64 Å². The van der Waals surface area contributed by atoms with E-state index in [2.05, 4.69) is 36.1 Å². The summed E-state index contributed by atoms with van der Waals surface area (Å²) in [7, 11) is 3.48. The summed E-state index contributed by atoms with van der Waals surface area (Å²) < 4.78 is 5.22. The van der Waals surface area contributed by atoms with Crippen molar-refractivity contribution in [3.8, 4) is 17.6 Å². The zero-order chi connectivity index (χ0) is 20.9. The number of amides is 2. The largest absolute Gasteiger partial charge is 0.497 e. The van der Waals surface area contributed by atoms with Gasteiger partial charge in [0, 0.05) is 32.1 Å². The number of fused-ring (bicyclic) bond motifs is 1. The van der Waals surface area contributed by atoms with Crippen LogP contribution in [0, 0.1) is 11.8 Å². The molecular formula is C26H26N2O2. The van der Waals surface area contributed by atoms with Crippen molar-refractivity contribution in [1.82, 2.24) is 4.90 Å². The van der Waals surface area contributed by atoms with E-state index >= 15 is 0 Å². The molecule has 1 aliphatic carbocycles. The Morgan fingerprint density at radius 1 is 1.13 bits per heavy atom. The summed E-state index contributed by atoms with van der Waals surface area (Å²) in [6, 6.07) is 14.0. The molecule has 0 saturated carbocycles. The van der Waals surface area contributed by atoms with E-state index in [0.717, 1.165) is 47.4 Å². The number of carbonyl (C=O) groups is 1. The third-order valence-corrected chi connectivity index (χ3v) is 5.54. The molecule has 2 aromatic carbocycles. The number of methoxy groups -OCH3 is 1. The maximum Gasteiger partial charge on any atom is 0.324 e. The minimum absolute atomic E-state index is 0.00874. The smallest absolute Gasteiger partial charge is 0.324 e. The first-order chi connectivity index (χ1) is 14.6. The molecule has 2 aliphatic rings. The number of rotatable bonds is 4. The van der Waals surface area contributed by atoms with Crippen LogP contribution in [-0.4, -0.2) is 25.1 Å². The Bertz CT molecular complexity index is 1050. The topological polar surface area (TPSA) is 32.8 Å². The first-order valence-corrected chi connectivity index (χ1v) is 10.3. The number of benzene rings is 2. The summed E-state index contributed by atoms with van der Waals surface area (Å²) in [6.45, 7) is 1.14. The number of anilines is 1. The highest BCUT2D eigenvalue weighted by molar-refractivity contribution is 5.94. The zero-order valence-corrected chi connectivity index (χ0v) is 17.5. The fourth-order valence-electron chi connectivity index (χ4n) is 3.84. The van der Waals surface area contributed by atoms with Crippen molar-refractivity contribution >= 4 is 11.7 Å². The number of ether oxygens (including phenoxy) is 1. The Labute approximate surface area is 178 Å². The summed E-state index contributed by atoms with van der Waals surface area (Å²) in [4.78, 5) is 16.4. The summed E-state index contributed by atoms with van der Waals surface area (Å²) in [5.41, 5.74) is 5.53. The number of nitrogens with zero attached hydrogens (tertiary/aromatic N) is 2. The lowest BCUT2D eigenvalue weighted by molar-refractivity contribution is 0.197. The van der Waals surface area contributed by atoms with E-state index in [1.165, 1.54) is 5.57 Å². The molecule has 1 heterocycles. The second kappa shape index (κ2) is 8.92. The molecule has 0 N–H and O–H groups in total. The zero-order valence-electron chi connectivity index (χ0n) is 17.5. The van der Waals surface area contributed by atoms with Crippen LogP contribution in [0.25, 0.3) is 0 Å². The van der Waals surface area contributed by atoms with E-state index in [4.69, 9.17) is 4.74 Å².